The van der Waals surface area contributed by atoms with E-state index in [2.05, 4.69) is 4.99 Å². The van der Waals surface area contributed by atoms with E-state index in [4.69, 9.17) is 5.73 Å². The number of carbonyl (C=O) groups is 1. The summed E-state index contributed by atoms with van der Waals surface area (Å²) in [6.45, 7) is 4.91. The Labute approximate surface area is 159 Å². The Morgan fingerprint density at radius 2 is 1.86 bits per heavy atom. The Morgan fingerprint density at radius 3 is 2.43 bits per heavy atom. The van der Waals surface area contributed by atoms with E-state index in [0.717, 1.165) is 6.07 Å². The molecule has 3 rings (SSSR count). The number of nitrogens with two attached hydrogens (primary N) is 1. The van der Waals surface area contributed by atoms with Gasteiger partial charge in [-0.05, 0) is 50.6 Å². The number of hydrogen-bond donors (Lipinski definition) is 2. The van der Waals surface area contributed by atoms with Gasteiger partial charge in [-0.2, -0.15) is 13.2 Å². The second kappa shape index (κ2) is 6.70. The highest BCUT2D eigenvalue weighted by molar-refractivity contribution is 6.23. The predicted octanol–water partition coefficient (Wildman–Crippen LogP) is 4.23. The molecule has 3 N–H and O–H groups in total. The lowest BCUT2D eigenvalue weighted by Crippen LogP contribution is -2.18. The molecule has 0 saturated carbocycles. The SMILES string of the molecule is CC1=N/C(=C/c2cc(C)n(-c3ccccc3C(F)(F)F)c2C)C(O)=C1C(N)=O. The van der Waals surface area contributed by atoms with Gasteiger partial charge in [0.05, 0.1) is 17.0 Å². The third-order valence-corrected chi connectivity index (χ3v) is 4.59. The summed E-state index contributed by atoms with van der Waals surface area (Å²) < 4.78 is 41.8. The van der Waals surface area contributed by atoms with Gasteiger partial charge >= 0.3 is 6.18 Å². The number of nitrogens with zero attached hydrogens (tertiary/aromatic N) is 2. The van der Waals surface area contributed by atoms with Gasteiger partial charge in [0.25, 0.3) is 5.91 Å². The minimum Gasteiger partial charge on any atom is -0.505 e. The first-order valence-electron chi connectivity index (χ1n) is 8.38. The molecular weight excluding hydrogens is 371 g/mol. The molecular formula is C20H18F3N3O2. The average Bonchev–Trinajstić information content (AvgIpc) is 3.02. The maximum Gasteiger partial charge on any atom is 0.418 e. The van der Waals surface area contributed by atoms with Crippen molar-refractivity contribution in [2.24, 2.45) is 10.7 Å². The second-order valence-electron chi connectivity index (χ2n) is 6.49. The molecule has 0 radical (unpaired) electrons. The largest absolute Gasteiger partial charge is 0.505 e. The van der Waals surface area contributed by atoms with Crippen LogP contribution in [0.3, 0.4) is 0 Å². The molecule has 1 amide bonds. The zero-order valence-electron chi connectivity index (χ0n) is 15.4. The number of rotatable bonds is 3. The second-order valence-corrected chi connectivity index (χ2v) is 6.49. The standard InChI is InChI=1S/C20H18F3N3O2/c1-10-8-13(9-15-18(27)17(19(24)28)11(2)25-15)12(3)26(10)16-7-5-4-6-14(16)20(21,22)23/h4-9,27H,1-3H3,(H2,24,28)/b15-9+. The van der Waals surface area contributed by atoms with Gasteiger partial charge < -0.3 is 15.4 Å². The van der Waals surface area contributed by atoms with E-state index in [0.29, 0.717) is 17.0 Å². The molecule has 2 aromatic rings. The summed E-state index contributed by atoms with van der Waals surface area (Å²) in [5, 5.41) is 10.2. The normalized spacial score (nSPS) is 16.1. The van der Waals surface area contributed by atoms with Crippen molar-refractivity contribution in [2.45, 2.75) is 26.9 Å². The van der Waals surface area contributed by atoms with Gasteiger partial charge in [-0.15, -0.1) is 0 Å². The molecule has 2 heterocycles. The van der Waals surface area contributed by atoms with Crippen LogP contribution in [0.1, 0.15) is 29.4 Å². The number of aliphatic imine (C=N–C) groups is 1. The molecule has 0 atom stereocenters. The molecule has 0 saturated heterocycles. The summed E-state index contributed by atoms with van der Waals surface area (Å²) in [5.41, 5.74) is 6.56. The number of halogens is 3. The number of aromatic nitrogens is 1. The fourth-order valence-electron chi connectivity index (χ4n) is 3.34. The highest BCUT2D eigenvalue weighted by Crippen LogP contribution is 2.36. The Bertz CT molecular complexity index is 1070. The summed E-state index contributed by atoms with van der Waals surface area (Å²) in [5.74, 6) is -1.14. The fraction of sp³-hybridized carbons (Fsp3) is 0.200. The van der Waals surface area contributed by atoms with Gasteiger partial charge in [-0.1, -0.05) is 12.1 Å². The Balaban J connectivity index is 2.15. The number of aliphatic hydroxyl groups is 1. The lowest BCUT2D eigenvalue weighted by Gasteiger charge is -2.16. The number of hydrogen-bond acceptors (Lipinski definition) is 3. The van der Waals surface area contributed by atoms with Crippen molar-refractivity contribution in [3.05, 3.63) is 69.9 Å². The predicted molar refractivity (Wildman–Crippen MR) is 100 cm³/mol. The highest BCUT2D eigenvalue weighted by Gasteiger charge is 2.34. The van der Waals surface area contributed by atoms with Crippen molar-refractivity contribution in [2.75, 3.05) is 0 Å². The minimum atomic E-state index is -4.50. The van der Waals surface area contributed by atoms with E-state index in [-0.39, 0.29) is 28.4 Å². The molecule has 1 aliphatic heterocycles. The van der Waals surface area contributed by atoms with Crippen molar-refractivity contribution in [1.29, 1.82) is 0 Å². The molecule has 1 aliphatic rings. The van der Waals surface area contributed by atoms with Crippen LogP contribution in [0.4, 0.5) is 13.2 Å². The Hall–Kier alpha value is -3.29. The number of benzene rings is 1. The van der Waals surface area contributed by atoms with Gasteiger partial charge in [-0.3, -0.25) is 4.79 Å². The lowest BCUT2D eigenvalue weighted by molar-refractivity contribution is -0.137. The minimum absolute atomic E-state index is 0.0124. The van der Waals surface area contributed by atoms with E-state index in [9.17, 15) is 23.1 Å². The van der Waals surface area contributed by atoms with E-state index in [1.807, 2.05) is 0 Å². The van der Waals surface area contributed by atoms with Crippen LogP contribution in [0.5, 0.6) is 0 Å². The van der Waals surface area contributed by atoms with Crippen molar-refractivity contribution in [1.82, 2.24) is 4.57 Å². The first kappa shape index (κ1) is 19.5. The quantitative estimate of drug-likeness (QED) is 0.824. The molecule has 28 heavy (non-hydrogen) atoms. The number of primary amides is 1. The maximum atomic E-state index is 13.4. The molecule has 146 valence electrons. The van der Waals surface area contributed by atoms with Gasteiger partial charge in [0.15, 0.2) is 5.76 Å². The molecule has 1 aromatic heterocycles. The van der Waals surface area contributed by atoms with Crippen LogP contribution in [0.2, 0.25) is 0 Å². The first-order chi connectivity index (χ1) is 13.0. The number of para-hydroxylation sites is 1. The zero-order chi connectivity index (χ0) is 20.8. The fourth-order valence-corrected chi connectivity index (χ4v) is 3.34. The third kappa shape index (κ3) is 3.21. The number of alkyl halides is 3. The van der Waals surface area contributed by atoms with Gasteiger partial charge in [0, 0.05) is 11.4 Å². The Morgan fingerprint density at radius 1 is 1.21 bits per heavy atom. The van der Waals surface area contributed by atoms with Crippen LogP contribution >= 0.6 is 0 Å². The number of aryl methyl sites for hydroxylation is 1. The van der Waals surface area contributed by atoms with Crippen LogP contribution in [0.15, 0.2) is 52.4 Å². The van der Waals surface area contributed by atoms with Crippen molar-refractivity contribution >= 4 is 17.7 Å². The van der Waals surface area contributed by atoms with Crippen LogP contribution in [-0.2, 0) is 11.0 Å². The Kier molecular flexibility index (Phi) is 4.66. The summed E-state index contributed by atoms with van der Waals surface area (Å²) >= 11 is 0. The molecule has 0 spiro atoms. The van der Waals surface area contributed by atoms with E-state index < -0.39 is 17.6 Å². The van der Waals surface area contributed by atoms with Gasteiger partial charge in [0.2, 0.25) is 0 Å². The molecule has 0 aliphatic carbocycles. The summed E-state index contributed by atoms with van der Waals surface area (Å²) in [4.78, 5) is 15.6. The van der Waals surface area contributed by atoms with Gasteiger partial charge in [-0.25, -0.2) is 4.99 Å². The van der Waals surface area contributed by atoms with Crippen LogP contribution in [-0.4, -0.2) is 21.3 Å². The van der Waals surface area contributed by atoms with E-state index >= 15 is 0 Å². The average molecular weight is 389 g/mol. The summed E-state index contributed by atoms with van der Waals surface area (Å²) in [6.07, 6.45) is -2.98. The van der Waals surface area contributed by atoms with Crippen molar-refractivity contribution < 1.29 is 23.1 Å². The van der Waals surface area contributed by atoms with E-state index in [1.165, 1.54) is 22.8 Å². The molecule has 5 nitrogen and oxygen atoms in total. The van der Waals surface area contributed by atoms with E-state index in [1.54, 1.807) is 32.9 Å². The zero-order valence-corrected chi connectivity index (χ0v) is 15.4. The highest BCUT2D eigenvalue weighted by atomic mass is 19.4. The molecule has 1 aromatic carbocycles. The van der Waals surface area contributed by atoms with Crippen LogP contribution in [0.25, 0.3) is 11.8 Å². The van der Waals surface area contributed by atoms with Crippen molar-refractivity contribution in [3.63, 3.8) is 0 Å². The monoisotopic (exact) mass is 389 g/mol. The summed E-state index contributed by atoms with van der Waals surface area (Å²) in [7, 11) is 0. The third-order valence-electron chi connectivity index (χ3n) is 4.59. The van der Waals surface area contributed by atoms with Crippen molar-refractivity contribution in [3.8, 4) is 5.69 Å². The van der Waals surface area contributed by atoms with Crippen LogP contribution < -0.4 is 5.73 Å². The molecule has 0 unspecified atom stereocenters. The lowest BCUT2D eigenvalue weighted by atomic mass is 10.1. The number of amides is 1. The molecule has 0 bridgehead atoms. The smallest absolute Gasteiger partial charge is 0.418 e. The topological polar surface area (TPSA) is 80.6 Å². The molecule has 0 fully saturated rings. The molecule has 8 heteroatoms. The van der Waals surface area contributed by atoms with Gasteiger partial charge in [0.1, 0.15) is 11.3 Å². The maximum absolute atomic E-state index is 13.4. The number of carbonyl (C=O) groups excluding carboxylic acids is 1. The van der Waals surface area contributed by atoms with Crippen LogP contribution in [0, 0.1) is 13.8 Å². The first-order valence-corrected chi connectivity index (χ1v) is 8.38. The summed E-state index contributed by atoms with van der Waals surface area (Å²) in [6, 6.07) is 7.01. The number of aliphatic hydroxyl groups excluding tert-OH is 1.